The summed E-state index contributed by atoms with van der Waals surface area (Å²) in [6.07, 6.45) is -0.140. The maximum atomic E-state index is 5.95. The number of nitrogens with two attached hydrogens (primary N) is 1. The van der Waals surface area contributed by atoms with Gasteiger partial charge in [0, 0.05) is 20.2 Å². The lowest BCUT2D eigenvalue weighted by Gasteiger charge is -2.19. The van der Waals surface area contributed by atoms with Crippen molar-refractivity contribution in [3.05, 3.63) is 62.1 Å². The third-order valence-corrected chi connectivity index (χ3v) is 3.93. The molecule has 94 valence electrons. The van der Waals surface area contributed by atoms with E-state index in [0.717, 1.165) is 19.4 Å². The number of benzene rings is 2. The maximum Gasteiger partial charge on any atom is 0.137 e. The van der Waals surface area contributed by atoms with E-state index in [9.17, 15) is 0 Å². The van der Waals surface area contributed by atoms with Crippen molar-refractivity contribution in [1.29, 1.82) is 0 Å². The van der Waals surface area contributed by atoms with Crippen LogP contribution in [0.2, 0.25) is 0 Å². The molecular weight excluding hydrogens is 405 g/mol. The van der Waals surface area contributed by atoms with Gasteiger partial charge >= 0.3 is 0 Å². The summed E-state index contributed by atoms with van der Waals surface area (Å²) in [6.45, 7) is 0.439. The smallest absolute Gasteiger partial charge is 0.137 e. The lowest BCUT2D eigenvalue weighted by molar-refractivity contribution is 0.213. The summed E-state index contributed by atoms with van der Waals surface area (Å²) < 4.78 is 8.12. The Labute approximate surface area is 129 Å². The van der Waals surface area contributed by atoms with Gasteiger partial charge in [0.15, 0.2) is 0 Å². The molecular formula is C14H13BrINO. The van der Waals surface area contributed by atoms with Crippen molar-refractivity contribution in [3.63, 3.8) is 0 Å². The molecule has 0 saturated heterocycles. The third kappa shape index (κ3) is 3.46. The fourth-order valence-corrected chi connectivity index (χ4v) is 2.73. The number of hydrogen-bond acceptors (Lipinski definition) is 2. The monoisotopic (exact) mass is 417 g/mol. The van der Waals surface area contributed by atoms with Crippen molar-refractivity contribution in [2.24, 2.45) is 5.73 Å². The summed E-state index contributed by atoms with van der Waals surface area (Å²) >= 11 is 5.79. The Morgan fingerprint density at radius 3 is 2.61 bits per heavy atom. The molecule has 0 aliphatic rings. The van der Waals surface area contributed by atoms with Crippen LogP contribution in [0.5, 0.6) is 5.75 Å². The number of ether oxygens (including phenoxy) is 1. The van der Waals surface area contributed by atoms with Crippen LogP contribution in [0.15, 0.2) is 53.0 Å². The predicted molar refractivity (Wildman–Crippen MR) is 85.7 cm³/mol. The summed E-state index contributed by atoms with van der Waals surface area (Å²) in [6, 6.07) is 15.9. The van der Waals surface area contributed by atoms with Gasteiger partial charge in [-0.05, 0) is 46.9 Å². The standard InChI is InChI=1S/C14H13BrINO/c15-13-7-2-1-6-12(13)14(9-17)18-11-5-3-4-10(16)8-11/h1-8,14H,9,17H2. The Bertz CT molecular complexity index is 533. The Morgan fingerprint density at radius 2 is 1.94 bits per heavy atom. The lowest BCUT2D eigenvalue weighted by atomic mass is 10.1. The Hall–Kier alpha value is -0.590. The molecule has 0 aliphatic carbocycles. The first kappa shape index (κ1) is 13.8. The van der Waals surface area contributed by atoms with E-state index in [-0.39, 0.29) is 6.10 Å². The van der Waals surface area contributed by atoms with Crippen LogP contribution in [-0.4, -0.2) is 6.54 Å². The molecule has 0 fully saturated rings. The second kappa shape index (κ2) is 6.54. The van der Waals surface area contributed by atoms with Gasteiger partial charge in [-0.3, -0.25) is 0 Å². The molecule has 2 nitrogen and oxygen atoms in total. The Balaban J connectivity index is 2.23. The molecule has 4 heteroatoms. The fraction of sp³-hybridized carbons (Fsp3) is 0.143. The first-order valence-corrected chi connectivity index (χ1v) is 7.44. The summed E-state index contributed by atoms with van der Waals surface area (Å²) in [7, 11) is 0. The van der Waals surface area contributed by atoms with E-state index >= 15 is 0 Å². The van der Waals surface area contributed by atoms with Gasteiger partial charge in [0.05, 0.1) is 0 Å². The first-order valence-electron chi connectivity index (χ1n) is 5.57. The highest BCUT2D eigenvalue weighted by atomic mass is 127. The molecule has 0 heterocycles. The molecule has 0 bridgehead atoms. The average Bonchev–Trinajstić information content (AvgIpc) is 2.37. The molecule has 2 rings (SSSR count). The largest absolute Gasteiger partial charge is 0.484 e. The van der Waals surface area contributed by atoms with Gasteiger partial charge in [-0.25, -0.2) is 0 Å². The van der Waals surface area contributed by atoms with E-state index < -0.39 is 0 Å². The van der Waals surface area contributed by atoms with Gasteiger partial charge in [0.25, 0.3) is 0 Å². The van der Waals surface area contributed by atoms with E-state index in [1.807, 2.05) is 48.5 Å². The fourth-order valence-electron chi connectivity index (χ4n) is 1.68. The van der Waals surface area contributed by atoms with Crippen LogP contribution in [0, 0.1) is 3.57 Å². The molecule has 18 heavy (non-hydrogen) atoms. The second-order valence-corrected chi connectivity index (χ2v) is 5.92. The van der Waals surface area contributed by atoms with Gasteiger partial charge in [0.1, 0.15) is 11.9 Å². The van der Waals surface area contributed by atoms with Crippen LogP contribution in [0.25, 0.3) is 0 Å². The lowest BCUT2D eigenvalue weighted by Crippen LogP contribution is -2.18. The van der Waals surface area contributed by atoms with Crippen molar-refractivity contribution in [2.45, 2.75) is 6.10 Å². The topological polar surface area (TPSA) is 35.2 Å². The van der Waals surface area contributed by atoms with E-state index in [1.54, 1.807) is 0 Å². The van der Waals surface area contributed by atoms with Crippen LogP contribution in [0.4, 0.5) is 0 Å². The SMILES string of the molecule is NCC(Oc1cccc(I)c1)c1ccccc1Br. The molecule has 0 aliphatic heterocycles. The van der Waals surface area contributed by atoms with E-state index in [4.69, 9.17) is 10.5 Å². The molecule has 0 radical (unpaired) electrons. The molecule has 1 atom stereocenters. The zero-order valence-electron chi connectivity index (χ0n) is 9.64. The van der Waals surface area contributed by atoms with E-state index in [1.165, 1.54) is 0 Å². The molecule has 1 unspecified atom stereocenters. The van der Waals surface area contributed by atoms with Crippen LogP contribution in [-0.2, 0) is 0 Å². The van der Waals surface area contributed by atoms with Crippen LogP contribution >= 0.6 is 38.5 Å². The summed E-state index contributed by atoms with van der Waals surface area (Å²) in [4.78, 5) is 0. The van der Waals surface area contributed by atoms with Crippen LogP contribution in [0.3, 0.4) is 0 Å². The van der Waals surface area contributed by atoms with Gasteiger partial charge in [-0.15, -0.1) is 0 Å². The number of halogens is 2. The molecule has 0 spiro atoms. The maximum absolute atomic E-state index is 5.95. The van der Waals surface area contributed by atoms with Crippen molar-refractivity contribution in [1.82, 2.24) is 0 Å². The minimum atomic E-state index is -0.140. The minimum absolute atomic E-state index is 0.140. The van der Waals surface area contributed by atoms with E-state index in [0.29, 0.717) is 6.54 Å². The second-order valence-electron chi connectivity index (χ2n) is 3.82. The van der Waals surface area contributed by atoms with Gasteiger partial charge < -0.3 is 10.5 Å². The highest BCUT2D eigenvalue weighted by molar-refractivity contribution is 14.1. The minimum Gasteiger partial charge on any atom is -0.484 e. The summed E-state index contributed by atoms with van der Waals surface area (Å²) in [5, 5.41) is 0. The molecule has 2 aromatic rings. The zero-order chi connectivity index (χ0) is 13.0. The van der Waals surface area contributed by atoms with Crippen molar-refractivity contribution in [2.75, 3.05) is 6.54 Å². The molecule has 2 N–H and O–H groups in total. The van der Waals surface area contributed by atoms with Crippen molar-refractivity contribution in [3.8, 4) is 5.75 Å². The van der Waals surface area contributed by atoms with Crippen molar-refractivity contribution >= 4 is 38.5 Å². The highest BCUT2D eigenvalue weighted by Gasteiger charge is 2.14. The first-order chi connectivity index (χ1) is 8.70. The molecule has 0 aromatic heterocycles. The summed E-state index contributed by atoms with van der Waals surface area (Å²) in [5.74, 6) is 0.841. The van der Waals surface area contributed by atoms with Crippen molar-refractivity contribution < 1.29 is 4.74 Å². The number of hydrogen-bond donors (Lipinski definition) is 1. The van der Waals surface area contributed by atoms with Gasteiger partial charge in [-0.1, -0.05) is 40.2 Å². The zero-order valence-corrected chi connectivity index (χ0v) is 13.4. The van der Waals surface area contributed by atoms with Crippen LogP contribution in [0.1, 0.15) is 11.7 Å². The molecule has 2 aromatic carbocycles. The van der Waals surface area contributed by atoms with E-state index in [2.05, 4.69) is 38.5 Å². The van der Waals surface area contributed by atoms with Gasteiger partial charge in [0.2, 0.25) is 0 Å². The summed E-state index contributed by atoms with van der Waals surface area (Å²) in [5.41, 5.74) is 6.88. The third-order valence-electron chi connectivity index (χ3n) is 2.54. The predicted octanol–water partition coefficient (Wildman–Crippen LogP) is 4.13. The normalized spacial score (nSPS) is 12.2. The number of rotatable bonds is 4. The highest BCUT2D eigenvalue weighted by Crippen LogP contribution is 2.27. The molecule has 0 amide bonds. The quantitative estimate of drug-likeness (QED) is 0.759. The molecule has 0 saturated carbocycles. The average molecular weight is 418 g/mol. The van der Waals surface area contributed by atoms with Crippen LogP contribution < -0.4 is 10.5 Å². The Kier molecular flexibility index (Phi) is 5.03. The Morgan fingerprint density at radius 1 is 1.17 bits per heavy atom. The van der Waals surface area contributed by atoms with Gasteiger partial charge in [-0.2, -0.15) is 0 Å².